The van der Waals surface area contributed by atoms with Gasteiger partial charge in [0.25, 0.3) is 0 Å². The number of halogens is 2. The Kier molecular flexibility index (Phi) is 5.11. The highest BCUT2D eigenvalue weighted by Gasteiger charge is 2.21. The second-order valence-corrected chi connectivity index (χ2v) is 5.22. The zero-order valence-corrected chi connectivity index (χ0v) is 13.1. The smallest absolute Gasteiger partial charge is 0.313 e. The van der Waals surface area contributed by atoms with Crippen molar-refractivity contribution in [3.05, 3.63) is 59.9 Å². The summed E-state index contributed by atoms with van der Waals surface area (Å²) in [6.07, 6.45) is 0. The predicted octanol–water partition coefficient (Wildman–Crippen LogP) is 4.18. The predicted molar refractivity (Wildman–Crippen MR) is 85.5 cm³/mol. The fourth-order valence-electron chi connectivity index (χ4n) is 2.03. The molecule has 0 saturated heterocycles. The SMILES string of the molecule is COC(=O)[C@@H](CI)c1ccc(-c2ccccc2)c(F)c1. The number of alkyl halides is 1. The van der Waals surface area contributed by atoms with Crippen molar-refractivity contribution in [1.82, 2.24) is 0 Å². The maximum atomic E-state index is 14.2. The molecule has 0 bridgehead atoms. The second-order valence-electron chi connectivity index (χ2n) is 4.34. The highest BCUT2D eigenvalue weighted by atomic mass is 127. The summed E-state index contributed by atoms with van der Waals surface area (Å²) in [5.74, 6) is -1.10. The number of rotatable bonds is 4. The number of hydrogen-bond donors (Lipinski definition) is 0. The first-order chi connectivity index (χ1) is 9.67. The van der Waals surface area contributed by atoms with E-state index in [4.69, 9.17) is 4.74 Å². The lowest BCUT2D eigenvalue weighted by atomic mass is 9.97. The summed E-state index contributed by atoms with van der Waals surface area (Å²) in [7, 11) is 1.34. The molecule has 2 nitrogen and oxygen atoms in total. The molecular formula is C16H14FIO2. The van der Waals surface area contributed by atoms with Gasteiger partial charge in [-0.15, -0.1) is 0 Å². The lowest BCUT2D eigenvalue weighted by Crippen LogP contribution is -2.15. The summed E-state index contributed by atoms with van der Waals surface area (Å²) in [5.41, 5.74) is 2.00. The first-order valence-electron chi connectivity index (χ1n) is 6.16. The van der Waals surface area contributed by atoms with E-state index in [9.17, 15) is 9.18 Å². The van der Waals surface area contributed by atoms with Crippen molar-refractivity contribution in [2.45, 2.75) is 5.92 Å². The summed E-state index contributed by atoms with van der Waals surface area (Å²) in [6.45, 7) is 0. The van der Waals surface area contributed by atoms with Crippen molar-refractivity contribution in [3.63, 3.8) is 0 Å². The Bertz CT molecular complexity index is 599. The van der Waals surface area contributed by atoms with Crippen LogP contribution in [0.3, 0.4) is 0 Å². The average molecular weight is 384 g/mol. The molecule has 1 atom stereocenters. The zero-order valence-electron chi connectivity index (χ0n) is 11.0. The molecule has 0 heterocycles. The van der Waals surface area contributed by atoms with Gasteiger partial charge in [0.15, 0.2) is 0 Å². The average Bonchev–Trinajstić information content (AvgIpc) is 2.49. The van der Waals surface area contributed by atoms with Gasteiger partial charge in [-0.3, -0.25) is 4.79 Å². The maximum Gasteiger partial charge on any atom is 0.313 e. The van der Waals surface area contributed by atoms with Crippen LogP contribution in [0.5, 0.6) is 0 Å². The van der Waals surface area contributed by atoms with Crippen LogP contribution in [0.4, 0.5) is 4.39 Å². The summed E-state index contributed by atoms with van der Waals surface area (Å²) < 4.78 is 19.5. The van der Waals surface area contributed by atoms with Crippen molar-refractivity contribution in [3.8, 4) is 11.1 Å². The topological polar surface area (TPSA) is 26.3 Å². The van der Waals surface area contributed by atoms with Crippen LogP contribution in [-0.2, 0) is 9.53 Å². The fraction of sp³-hybridized carbons (Fsp3) is 0.188. The molecular weight excluding hydrogens is 370 g/mol. The van der Waals surface area contributed by atoms with E-state index in [1.807, 2.05) is 30.3 Å². The van der Waals surface area contributed by atoms with E-state index < -0.39 is 5.92 Å². The van der Waals surface area contributed by atoms with Crippen molar-refractivity contribution in [2.24, 2.45) is 0 Å². The molecule has 0 spiro atoms. The number of methoxy groups -OCH3 is 1. The first-order valence-corrected chi connectivity index (χ1v) is 7.68. The Balaban J connectivity index is 2.37. The van der Waals surface area contributed by atoms with Crippen LogP contribution >= 0.6 is 22.6 Å². The third-order valence-corrected chi connectivity index (χ3v) is 4.00. The minimum absolute atomic E-state index is 0.326. The van der Waals surface area contributed by atoms with Crippen molar-refractivity contribution < 1.29 is 13.9 Å². The Hall–Kier alpha value is -1.43. The molecule has 0 aliphatic rings. The summed E-state index contributed by atoms with van der Waals surface area (Å²) in [6, 6.07) is 14.2. The van der Waals surface area contributed by atoms with E-state index in [1.165, 1.54) is 13.2 Å². The molecule has 104 valence electrons. The number of esters is 1. The lowest BCUT2D eigenvalue weighted by Gasteiger charge is -2.13. The Morgan fingerprint density at radius 1 is 1.25 bits per heavy atom. The molecule has 0 N–H and O–H groups in total. The number of carbonyl (C=O) groups is 1. The van der Waals surface area contributed by atoms with E-state index in [0.717, 1.165) is 5.56 Å². The van der Waals surface area contributed by atoms with Gasteiger partial charge in [0, 0.05) is 9.99 Å². The molecule has 0 amide bonds. The molecule has 0 fully saturated rings. The Morgan fingerprint density at radius 2 is 1.95 bits per heavy atom. The highest BCUT2D eigenvalue weighted by molar-refractivity contribution is 14.1. The van der Waals surface area contributed by atoms with Crippen LogP contribution in [0.1, 0.15) is 11.5 Å². The number of ether oxygens (including phenoxy) is 1. The first kappa shape index (κ1) is 15.0. The zero-order chi connectivity index (χ0) is 14.5. The lowest BCUT2D eigenvalue weighted by molar-refractivity contribution is -0.141. The van der Waals surface area contributed by atoms with E-state index in [2.05, 4.69) is 22.6 Å². The summed E-state index contributed by atoms with van der Waals surface area (Å²) in [4.78, 5) is 11.7. The number of hydrogen-bond acceptors (Lipinski definition) is 2. The van der Waals surface area contributed by atoms with E-state index in [-0.39, 0.29) is 11.8 Å². The van der Waals surface area contributed by atoms with Gasteiger partial charge in [0.1, 0.15) is 5.82 Å². The summed E-state index contributed by atoms with van der Waals surface area (Å²) >= 11 is 2.10. The number of carbonyl (C=O) groups excluding carboxylic acids is 1. The molecule has 0 aromatic heterocycles. The van der Waals surface area contributed by atoms with E-state index in [1.54, 1.807) is 12.1 Å². The third kappa shape index (κ3) is 3.17. The van der Waals surface area contributed by atoms with Crippen LogP contribution in [-0.4, -0.2) is 17.5 Å². The van der Waals surface area contributed by atoms with Gasteiger partial charge >= 0.3 is 5.97 Å². The Labute approximate surface area is 131 Å². The molecule has 20 heavy (non-hydrogen) atoms. The van der Waals surface area contributed by atoms with Crippen LogP contribution in [0.25, 0.3) is 11.1 Å². The monoisotopic (exact) mass is 384 g/mol. The van der Waals surface area contributed by atoms with Gasteiger partial charge < -0.3 is 4.74 Å². The van der Waals surface area contributed by atoms with Gasteiger partial charge in [-0.05, 0) is 17.2 Å². The van der Waals surface area contributed by atoms with Crippen LogP contribution in [0.15, 0.2) is 48.5 Å². The largest absolute Gasteiger partial charge is 0.469 e. The maximum absolute atomic E-state index is 14.2. The molecule has 0 unspecified atom stereocenters. The second kappa shape index (κ2) is 6.83. The van der Waals surface area contributed by atoms with Gasteiger partial charge in [-0.25, -0.2) is 4.39 Å². The molecule has 2 rings (SSSR count). The molecule has 0 aliphatic carbocycles. The molecule has 4 heteroatoms. The minimum Gasteiger partial charge on any atom is -0.469 e. The Morgan fingerprint density at radius 3 is 2.50 bits per heavy atom. The third-order valence-electron chi connectivity index (χ3n) is 3.12. The van der Waals surface area contributed by atoms with E-state index in [0.29, 0.717) is 15.6 Å². The van der Waals surface area contributed by atoms with E-state index >= 15 is 0 Å². The molecule has 2 aromatic carbocycles. The highest BCUT2D eigenvalue weighted by Crippen LogP contribution is 2.27. The standard InChI is InChI=1S/C16H14FIO2/c1-20-16(19)14(10-18)12-7-8-13(15(17)9-12)11-5-3-2-4-6-11/h2-9,14H,10H2,1H3/t14-/m0/s1. The van der Waals surface area contributed by atoms with Gasteiger partial charge in [-0.2, -0.15) is 0 Å². The van der Waals surface area contributed by atoms with Crippen LogP contribution in [0.2, 0.25) is 0 Å². The van der Waals surface area contributed by atoms with Gasteiger partial charge in [-0.1, -0.05) is 65.1 Å². The number of benzene rings is 2. The van der Waals surface area contributed by atoms with Gasteiger partial charge in [0.2, 0.25) is 0 Å². The minimum atomic E-state index is -0.431. The molecule has 0 saturated carbocycles. The van der Waals surface area contributed by atoms with Crippen LogP contribution in [0, 0.1) is 5.82 Å². The molecule has 0 aliphatic heterocycles. The van der Waals surface area contributed by atoms with Crippen molar-refractivity contribution in [1.29, 1.82) is 0 Å². The van der Waals surface area contributed by atoms with Crippen molar-refractivity contribution >= 4 is 28.6 Å². The molecule has 2 aromatic rings. The van der Waals surface area contributed by atoms with Crippen LogP contribution < -0.4 is 0 Å². The normalized spacial score (nSPS) is 11.9. The fourth-order valence-corrected chi connectivity index (χ4v) is 2.90. The van der Waals surface area contributed by atoms with Crippen molar-refractivity contribution in [2.75, 3.05) is 11.5 Å². The van der Waals surface area contributed by atoms with Gasteiger partial charge in [0.05, 0.1) is 13.0 Å². The summed E-state index contributed by atoms with van der Waals surface area (Å²) in [5, 5.41) is 0. The quantitative estimate of drug-likeness (QED) is 0.449. The molecule has 0 radical (unpaired) electrons.